The van der Waals surface area contributed by atoms with Crippen molar-refractivity contribution in [2.45, 2.75) is 12.5 Å². The normalized spacial score (nSPS) is 22.9. The summed E-state index contributed by atoms with van der Waals surface area (Å²) in [6.45, 7) is 1.71. The first-order valence-corrected chi connectivity index (χ1v) is 5.77. The van der Waals surface area contributed by atoms with Crippen molar-refractivity contribution in [1.82, 2.24) is 10.4 Å². The van der Waals surface area contributed by atoms with Crippen LogP contribution in [0.15, 0.2) is 24.3 Å². The molecule has 1 aromatic rings. The van der Waals surface area contributed by atoms with Crippen LogP contribution in [-0.2, 0) is 4.74 Å². The number of rotatable bonds is 2. The summed E-state index contributed by atoms with van der Waals surface area (Å²) in [5.41, 5.74) is 4.30. The van der Waals surface area contributed by atoms with Gasteiger partial charge >= 0.3 is 6.09 Å². The molecule has 0 aliphatic carbocycles. The Morgan fingerprint density at radius 1 is 1.24 bits per heavy atom. The van der Waals surface area contributed by atoms with Crippen molar-refractivity contribution in [1.29, 1.82) is 0 Å². The molecular formula is C12H14N2O3. The molecule has 3 rings (SSSR count). The van der Waals surface area contributed by atoms with Crippen LogP contribution in [0.25, 0.3) is 0 Å². The second-order valence-corrected chi connectivity index (χ2v) is 4.12. The Bertz CT molecular complexity index is 436. The molecule has 2 aliphatic heterocycles. The highest BCUT2D eigenvalue weighted by atomic mass is 16.6. The molecule has 0 saturated carbocycles. The molecule has 1 aromatic carbocycles. The molecule has 1 fully saturated rings. The number of carbonyl (C=O) groups is 1. The van der Waals surface area contributed by atoms with E-state index in [9.17, 15) is 4.79 Å². The van der Waals surface area contributed by atoms with Gasteiger partial charge < -0.3 is 9.47 Å². The molecule has 0 aromatic heterocycles. The Labute approximate surface area is 99.3 Å². The molecule has 1 N–H and O–H groups in total. The predicted octanol–water partition coefficient (Wildman–Crippen LogP) is 1.47. The van der Waals surface area contributed by atoms with E-state index in [2.05, 4.69) is 5.43 Å². The average molecular weight is 234 g/mol. The van der Waals surface area contributed by atoms with Crippen molar-refractivity contribution >= 4 is 6.09 Å². The first kappa shape index (κ1) is 10.4. The molecule has 2 heterocycles. The number of nitrogens with zero attached hydrogens (tertiary/aromatic N) is 1. The van der Waals surface area contributed by atoms with E-state index in [1.807, 2.05) is 24.3 Å². The summed E-state index contributed by atoms with van der Waals surface area (Å²) in [7, 11) is 0. The van der Waals surface area contributed by atoms with Gasteiger partial charge in [0.2, 0.25) is 0 Å². The number of fused-ring (bicyclic) bond motifs is 1. The highest BCUT2D eigenvalue weighted by Crippen LogP contribution is 2.31. The summed E-state index contributed by atoms with van der Waals surface area (Å²) in [5, 5.41) is 1.53. The minimum Gasteiger partial charge on any atom is -0.493 e. The Balaban J connectivity index is 1.78. The summed E-state index contributed by atoms with van der Waals surface area (Å²) in [6, 6.07) is 8.01. The van der Waals surface area contributed by atoms with Gasteiger partial charge in [0.05, 0.1) is 19.2 Å². The van der Waals surface area contributed by atoms with Gasteiger partial charge in [0.15, 0.2) is 0 Å². The molecule has 17 heavy (non-hydrogen) atoms. The number of hydrogen-bond donors (Lipinski definition) is 1. The molecule has 1 saturated heterocycles. The maximum atomic E-state index is 11.4. The summed E-state index contributed by atoms with van der Waals surface area (Å²) in [5.74, 6) is 0.892. The van der Waals surface area contributed by atoms with Crippen LogP contribution < -0.4 is 10.2 Å². The molecule has 5 nitrogen and oxygen atoms in total. The minimum atomic E-state index is -0.297. The number of carbonyl (C=O) groups excluding carboxylic acids is 1. The largest absolute Gasteiger partial charge is 0.493 e. The van der Waals surface area contributed by atoms with Crippen molar-refractivity contribution < 1.29 is 14.3 Å². The second-order valence-electron chi connectivity index (χ2n) is 4.12. The Morgan fingerprint density at radius 2 is 2.12 bits per heavy atom. The number of hydrogen-bond acceptors (Lipinski definition) is 4. The number of para-hydroxylation sites is 1. The molecule has 1 atom stereocenters. The van der Waals surface area contributed by atoms with E-state index in [1.54, 1.807) is 0 Å². The number of benzene rings is 1. The number of cyclic esters (lactones) is 1. The molecule has 1 unspecified atom stereocenters. The number of ether oxygens (including phenoxy) is 2. The number of hydrazine groups is 1. The fourth-order valence-electron chi connectivity index (χ4n) is 2.17. The zero-order valence-electron chi connectivity index (χ0n) is 9.39. The van der Waals surface area contributed by atoms with Crippen LogP contribution in [0, 0.1) is 0 Å². The first-order chi connectivity index (χ1) is 8.34. The minimum absolute atomic E-state index is 0.116. The Kier molecular flexibility index (Phi) is 2.60. The lowest BCUT2D eigenvalue weighted by Gasteiger charge is -2.29. The van der Waals surface area contributed by atoms with Gasteiger partial charge in [-0.15, -0.1) is 0 Å². The molecule has 0 spiro atoms. The fraction of sp³-hybridized carbons (Fsp3) is 0.417. The van der Waals surface area contributed by atoms with Crippen molar-refractivity contribution in [3.63, 3.8) is 0 Å². The van der Waals surface area contributed by atoms with Gasteiger partial charge in [-0.25, -0.2) is 15.2 Å². The Hall–Kier alpha value is -1.75. The molecule has 0 bridgehead atoms. The summed E-state index contributed by atoms with van der Waals surface area (Å²) < 4.78 is 10.5. The number of amides is 1. The third kappa shape index (κ3) is 1.93. The van der Waals surface area contributed by atoms with E-state index >= 15 is 0 Å². The second kappa shape index (κ2) is 4.25. The summed E-state index contributed by atoms with van der Waals surface area (Å²) in [4.78, 5) is 11.4. The topological polar surface area (TPSA) is 50.8 Å². The lowest BCUT2D eigenvalue weighted by molar-refractivity contribution is 0.130. The van der Waals surface area contributed by atoms with Crippen LogP contribution >= 0.6 is 0 Å². The van der Waals surface area contributed by atoms with Gasteiger partial charge in [-0.05, 0) is 6.07 Å². The lowest BCUT2D eigenvalue weighted by Crippen LogP contribution is -2.42. The summed E-state index contributed by atoms with van der Waals surface area (Å²) in [6.07, 6.45) is 0.551. The maximum absolute atomic E-state index is 11.4. The van der Waals surface area contributed by atoms with Crippen LogP contribution in [-0.4, -0.2) is 30.9 Å². The van der Waals surface area contributed by atoms with Crippen LogP contribution in [0.3, 0.4) is 0 Å². The van der Waals surface area contributed by atoms with Crippen LogP contribution in [0.4, 0.5) is 4.79 Å². The quantitative estimate of drug-likeness (QED) is 0.841. The van der Waals surface area contributed by atoms with E-state index in [0.717, 1.165) is 17.7 Å². The third-order valence-electron chi connectivity index (χ3n) is 3.03. The molecule has 90 valence electrons. The first-order valence-electron chi connectivity index (χ1n) is 5.77. The zero-order chi connectivity index (χ0) is 11.7. The van der Waals surface area contributed by atoms with E-state index in [4.69, 9.17) is 9.47 Å². The molecule has 0 radical (unpaired) electrons. The average Bonchev–Trinajstić information content (AvgIpc) is 2.76. The van der Waals surface area contributed by atoms with Crippen molar-refractivity contribution in [2.75, 3.05) is 19.8 Å². The van der Waals surface area contributed by atoms with Crippen LogP contribution in [0.5, 0.6) is 5.75 Å². The van der Waals surface area contributed by atoms with Crippen LogP contribution in [0.2, 0.25) is 0 Å². The van der Waals surface area contributed by atoms with Gasteiger partial charge in [-0.2, -0.15) is 0 Å². The molecule has 2 aliphatic rings. The van der Waals surface area contributed by atoms with Gasteiger partial charge in [0, 0.05) is 12.0 Å². The van der Waals surface area contributed by atoms with Gasteiger partial charge in [0.25, 0.3) is 0 Å². The van der Waals surface area contributed by atoms with Crippen LogP contribution in [0.1, 0.15) is 18.0 Å². The zero-order valence-corrected chi connectivity index (χ0v) is 9.39. The van der Waals surface area contributed by atoms with E-state index in [1.165, 1.54) is 5.01 Å². The smallest absolute Gasteiger partial charge is 0.424 e. The van der Waals surface area contributed by atoms with Crippen molar-refractivity contribution in [3.05, 3.63) is 29.8 Å². The van der Waals surface area contributed by atoms with E-state index < -0.39 is 0 Å². The standard InChI is InChI=1S/C12H14N2O3/c15-12-14(6-8-17-12)13-10-5-7-16-11-4-2-1-3-9(10)11/h1-4,10,13H,5-8H2. The Morgan fingerprint density at radius 3 is 2.94 bits per heavy atom. The molecular weight excluding hydrogens is 220 g/mol. The van der Waals surface area contributed by atoms with E-state index in [-0.39, 0.29) is 12.1 Å². The van der Waals surface area contributed by atoms with E-state index in [0.29, 0.717) is 19.8 Å². The number of nitrogens with one attached hydrogen (secondary N) is 1. The molecule has 1 amide bonds. The fourth-order valence-corrected chi connectivity index (χ4v) is 2.17. The maximum Gasteiger partial charge on any atom is 0.424 e. The lowest BCUT2D eigenvalue weighted by atomic mass is 10.0. The SMILES string of the molecule is O=C1OCCN1NC1CCOc2ccccc21. The predicted molar refractivity (Wildman–Crippen MR) is 60.5 cm³/mol. The highest BCUT2D eigenvalue weighted by Gasteiger charge is 2.28. The summed E-state index contributed by atoms with van der Waals surface area (Å²) >= 11 is 0. The molecule has 5 heteroatoms. The van der Waals surface area contributed by atoms with Gasteiger partial charge in [-0.1, -0.05) is 18.2 Å². The highest BCUT2D eigenvalue weighted by molar-refractivity contribution is 5.68. The van der Waals surface area contributed by atoms with Gasteiger partial charge in [-0.3, -0.25) is 0 Å². The van der Waals surface area contributed by atoms with Crippen molar-refractivity contribution in [3.8, 4) is 5.75 Å². The van der Waals surface area contributed by atoms with Crippen molar-refractivity contribution in [2.24, 2.45) is 0 Å². The van der Waals surface area contributed by atoms with Gasteiger partial charge in [0.1, 0.15) is 12.4 Å². The monoisotopic (exact) mass is 234 g/mol. The third-order valence-corrected chi connectivity index (χ3v) is 3.03.